The molecule has 0 unspecified atom stereocenters. The molecule has 2 aliphatic rings. The van der Waals surface area contributed by atoms with E-state index in [1.807, 2.05) is 0 Å². The van der Waals surface area contributed by atoms with Crippen molar-refractivity contribution in [1.82, 2.24) is 5.32 Å². The number of hydrogen-bond donors (Lipinski definition) is 1. The third-order valence-corrected chi connectivity index (χ3v) is 3.94. The van der Waals surface area contributed by atoms with E-state index < -0.39 is 0 Å². The fraction of sp³-hybridized carbons (Fsp3) is 0.938. The lowest BCUT2D eigenvalue weighted by molar-refractivity contribution is -0.129. The van der Waals surface area contributed by atoms with Gasteiger partial charge in [0.15, 0.2) is 0 Å². The molecule has 0 aromatic heterocycles. The smallest absolute Gasteiger partial charge is 0.246 e. The molecule has 0 aromatic rings. The van der Waals surface area contributed by atoms with Gasteiger partial charge in [-0.1, -0.05) is 20.8 Å². The third-order valence-electron chi connectivity index (χ3n) is 3.94. The minimum Gasteiger partial charge on any atom is -0.376 e. The second-order valence-electron chi connectivity index (χ2n) is 7.57. The highest BCUT2D eigenvalue weighted by atomic mass is 16.5. The van der Waals surface area contributed by atoms with Gasteiger partial charge in [-0.15, -0.1) is 0 Å². The van der Waals surface area contributed by atoms with Gasteiger partial charge in [0.05, 0.1) is 12.7 Å². The van der Waals surface area contributed by atoms with Gasteiger partial charge in [-0.25, -0.2) is 0 Å². The maximum Gasteiger partial charge on any atom is 0.246 e. The van der Waals surface area contributed by atoms with Crippen LogP contribution in [0.15, 0.2) is 0 Å². The molecule has 1 saturated heterocycles. The minimum absolute atomic E-state index is 0.0163. The minimum atomic E-state index is 0.0163. The zero-order valence-corrected chi connectivity index (χ0v) is 13.2. The average Bonchev–Trinajstić information content (AvgIpc) is 3.07. The van der Waals surface area contributed by atoms with Crippen LogP contribution in [-0.4, -0.2) is 37.4 Å². The molecule has 0 bridgehead atoms. The van der Waals surface area contributed by atoms with Crippen molar-refractivity contribution in [3.63, 3.8) is 0 Å². The zero-order valence-electron chi connectivity index (χ0n) is 13.2. The average molecular weight is 283 g/mol. The maximum absolute atomic E-state index is 11.9. The predicted molar refractivity (Wildman–Crippen MR) is 78.6 cm³/mol. The molecule has 1 amide bonds. The van der Waals surface area contributed by atoms with E-state index in [-0.39, 0.29) is 29.6 Å². The van der Waals surface area contributed by atoms with E-state index >= 15 is 0 Å². The highest BCUT2D eigenvalue weighted by Crippen LogP contribution is 2.44. The van der Waals surface area contributed by atoms with Crippen LogP contribution in [0.3, 0.4) is 0 Å². The van der Waals surface area contributed by atoms with Crippen LogP contribution in [0.25, 0.3) is 0 Å². The van der Waals surface area contributed by atoms with Crippen LogP contribution in [0.5, 0.6) is 0 Å². The van der Waals surface area contributed by atoms with Crippen molar-refractivity contribution in [3.8, 4) is 0 Å². The molecule has 1 aliphatic carbocycles. The standard InChI is InChI=1S/C16H29NO3/c1-15(2,3)12-16(7-8-16)17-14(18)11-19-10-13-6-4-5-9-20-13/h13H,4-12H2,1-3H3,(H,17,18)/t13-/m1/s1. The summed E-state index contributed by atoms with van der Waals surface area (Å²) in [6.07, 6.45) is 6.82. The van der Waals surface area contributed by atoms with Gasteiger partial charge >= 0.3 is 0 Å². The molecule has 0 aromatic carbocycles. The molecule has 2 fully saturated rings. The van der Waals surface area contributed by atoms with E-state index in [9.17, 15) is 4.79 Å². The highest BCUT2D eigenvalue weighted by Gasteiger charge is 2.46. The van der Waals surface area contributed by atoms with Gasteiger partial charge in [0, 0.05) is 12.1 Å². The van der Waals surface area contributed by atoms with Gasteiger partial charge in [0.1, 0.15) is 6.61 Å². The number of rotatable bonds is 6. The summed E-state index contributed by atoms with van der Waals surface area (Å²) in [4.78, 5) is 11.9. The van der Waals surface area contributed by atoms with E-state index in [0.717, 1.165) is 38.7 Å². The summed E-state index contributed by atoms with van der Waals surface area (Å²) < 4.78 is 11.1. The lowest BCUT2D eigenvalue weighted by Gasteiger charge is -2.27. The van der Waals surface area contributed by atoms with Gasteiger partial charge < -0.3 is 14.8 Å². The molecule has 0 spiro atoms. The van der Waals surface area contributed by atoms with Gasteiger partial charge in [0.25, 0.3) is 0 Å². The Kier molecular flexibility index (Phi) is 5.08. The monoisotopic (exact) mass is 283 g/mol. The zero-order chi connectivity index (χ0) is 14.6. The van der Waals surface area contributed by atoms with Crippen molar-refractivity contribution in [2.24, 2.45) is 5.41 Å². The van der Waals surface area contributed by atoms with Crippen LogP contribution in [0, 0.1) is 5.41 Å². The molecule has 0 radical (unpaired) electrons. The Morgan fingerprint density at radius 1 is 1.35 bits per heavy atom. The molecule has 4 nitrogen and oxygen atoms in total. The quantitative estimate of drug-likeness (QED) is 0.815. The lowest BCUT2D eigenvalue weighted by Crippen LogP contribution is -2.41. The fourth-order valence-corrected chi connectivity index (χ4v) is 3.07. The SMILES string of the molecule is CC(C)(C)CC1(NC(=O)COC[C@H]2CCCCO2)CC1. The normalized spacial score (nSPS) is 25.2. The Morgan fingerprint density at radius 3 is 2.65 bits per heavy atom. The Bertz CT molecular complexity index is 325. The number of carbonyl (C=O) groups is 1. The van der Waals surface area contributed by atoms with Gasteiger partial charge in [0.2, 0.25) is 5.91 Å². The van der Waals surface area contributed by atoms with Crippen LogP contribution in [0.1, 0.15) is 59.3 Å². The third kappa shape index (κ3) is 5.41. The van der Waals surface area contributed by atoms with Crippen LogP contribution >= 0.6 is 0 Å². The highest BCUT2D eigenvalue weighted by molar-refractivity contribution is 5.78. The first-order valence-electron chi connectivity index (χ1n) is 7.89. The molecule has 2 rings (SSSR count). The maximum atomic E-state index is 11.9. The number of ether oxygens (including phenoxy) is 2. The summed E-state index contributed by atoms with van der Waals surface area (Å²) in [7, 11) is 0. The van der Waals surface area contributed by atoms with Crippen molar-refractivity contribution in [2.75, 3.05) is 19.8 Å². The topological polar surface area (TPSA) is 47.6 Å². The predicted octanol–water partition coefficient (Wildman–Crippen LogP) is 2.66. The van der Waals surface area contributed by atoms with Crippen molar-refractivity contribution in [2.45, 2.75) is 70.9 Å². The second kappa shape index (κ2) is 6.44. The number of nitrogens with one attached hydrogen (secondary N) is 1. The summed E-state index contributed by atoms with van der Waals surface area (Å²) in [5, 5.41) is 3.16. The van der Waals surface area contributed by atoms with E-state index in [0.29, 0.717) is 6.61 Å². The Labute approximate surface area is 122 Å². The Balaban J connectivity index is 1.63. The van der Waals surface area contributed by atoms with Crippen LogP contribution in [0.4, 0.5) is 0 Å². The summed E-state index contributed by atoms with van der Waals surface area (Å²) in [6, 6.07) is 0. The molecule has 1 saturated carbocycles. The first kappa shape index (κ1) is 15.8. The van der Waals surface area contributed by atoms with Crippen LogP contribution in [0.2, 0.25) is 0 Å². The molecular formula is C16H29NO3. The van der Waals surface area contributed by atoms with E-state index in [1.165, 1.54) is 6.42 Å². The summed E-state index contributed by atoms with van der Waals surface area (Å²) in [5.74, 6) is 0.0163. The Hall–Kier alpha value is -0.610. The first-order valence-corrected chi connectivity index (χ1v) is 7.89. The van der Waals surface area contributed by atoms with Crippen molar-refractivity contribution < 1.29 is 14.3 Å². The molecule has 1 N–H and O–H groups in total. The summed E-state index contributed by atoms with van der Waals surface area (Å²) in [5.41, 5.74) is 0.292. The van der Waals surface area contributed by atoms with E-state index in [1.54, 1.807) is 0 Å². The lowest BCUT2D eigenvalue weighted by atomic mass is 9.87. The molecule has 1 atom stereocenters. The van der Waals surface area contributed by atoms with E-state index in [4.69, 9.17) is 9.47 Å². The van der Waals surface area contributed by atoms with Crippen molar-refractivity contribution in [3.05, 3.63) is 0 Å². The van der Waals surface area contributed by atoms with Gasteiger partial charge in [-0.05, 0) is 43.9 Å². The summed E-state index contributed by atoms with van der Waals surface area (Å²) in [6.45, 7) is 8.18. The van der Waals surface area contributed by atoms with Crippen LogP contribution < -0.4 is 5.32 Å². The molecule has 1 heterocycles. The molecule has 20 heavy (non-hydrogen) atoms. The second-order valence-corrected chi connectivity index (χ2v) is 7.57. The molecular weight excluding hydrogens is 254 g/mol. The van der Waals surface area contributed by atoms with Gasteiger partial charge in [-0.3, -0.25) is 4.79 Å². The number of carbonyl (C=O) groups excluding carboxylic acids is 1. The molecule has 1 aliphatic heterocycles. The first-order chi connectivity index (χ1) is 9.39. The number of hydrogen-bond acceptors (Lipinski definition) is 3. The number of amides is 1. The largest absolute Gasteiger partial charge is 0.376 e. The molecule has 116 valence electrons. The summed E-state index contributed by atoms with van der Waals surface area (Å²) >= 11 is 0. The molecule has 4 heteroatoms. The van der Waals surface area contributed by atoms with Crippen LogP contribution in [-0.2, 0) is 14.3 Å². The van der Waals surface area contributed by atoms with E-state index in [2.05, 4.69) is 26.1 Å². The van der Waals surface area contributed by atoms with Gasteiger partial charge in [-0.2, -0.15) is 0 Å². The fourth-order valence-electron chi connectivity index (χ4n) is 3.07. The Morgan fingerprint density at radius 2 is 2.10 bits per heavy atom. The van der Waals surface area contributed by atoms with Crippen molar-refractivity contribution >= 4 is 5.91 Å². The van der Waals surface area contributed by atoms with Crippen molar-refractivity contribution in [1.29, 1.82) is 0 Å².